The molecule has 0 bridgehead atoms. The normalized spacial score (nSPS) is 19.5. The van der Waals surface area contributed by atoms with Gasteiger partial charge in [0.25, 0.3) is 5.56 Å². The number of nitrogens with zero attached hydrogens (tertiary/aromatic N) is 3. The highest BCUT2D eigenvalue weighted by molar-refractivity contribution is 7.16. The van der Waals surface area contributed by atoms with Crippen LogP contribution in [0.4, 0.5) is 0 Å². The van der Waals surface area contributed by atoms with Gasteiger partial charge in [-0.1, -0.05) is 11.3 Å². The predicted molar refractivity (Wildman–Crippen MR) is 103 cm³/mol. The molecule has 8 heteroatoms. The molecule has 0 spiro atoms. The maximum Gasteiger partial charge on any atom is 0.275 e. The van der Waals surface area contributed by atoms with Crippen molar-refractivity contribution in [1.29, 1.82) is 0 Å². The topological polar surface area (TPSA) is 70.2 Å². The maximum atomic E-state index is 12.1. The van der Waals surface area contributed by atoms with Crippen molar-refractivity contribution in [3.8, 4) is 11.5 Å². The molecule has 1 aromatic carbocycles. The molecule has 0 saturated carbocycles. The third kappa shape index (κ3) is 3.42. The second-order valence-corrected chi connectivity index (χ2v) is 7.85. The minimum absolute atomic E-state index is 0.121. The highest BCUT2D eigenvalue weighted by Gasteiger charge is 2.33. The molecular weight excluding hydrogens is 364 g/mol. The molecule has 1 fully saturated rings. The lowest BCUT2D eigenvalue weighted by Crippen LogP contribution is -3.08. The SMILES string of the molecule is COc1ccc([C@@H]2CCC[NH+]2Cc2nn3c(=O)cc(C)nc3s2)c(OC)c1. The molecule has 1 aliphatic rings. The molecule has 27 heavy (non-hydrogen) atoms. The first-order valence-electron chi connectivity index (χ1n) is 9.02. The molecule has 2 aromatic heterocycles. The van der Waals surface area contributed by atoms with E-state index in [0.717, 1.165) is 48.1 Å². The number of fused-ring (bicyclic) bond motifs is 1. The number of hydrogen-bond donors (Lipinski definition) is 1. The van der Waals surface area contributed by atoms with E-state index in [1.807, 2.05) is 19.1 Å². The van der Waals surface area contributed by atoms with Crippen molar-refractivity contribution in [2.24, 2.45) is 0 Å². The van der Waals surface area contributed by atoms with E-state index in [4.69, 9.17) is 9.47 Å². The van der Waals surface area contributed by atoms with Gasteiger partial charge >= 0.3 is 0 Å². The summed E-state index contributed by atoms with van der Waals surface area (Å²) < 4.78 is 12.3. The summed E-state index contributed by atoms with van der Waals surface area (Å²) in [7, 11) is 3.35. The summed E-state index contributed by atoms with van der Waals surface area (Å²) in [4.78, 5) is 18.6. The molecule has 1 N–H and O–H groups in total. The number of ether oxygens (including phenoxy) is 2. The Morgan fingerprint density at radius 2 is 2.15 bits per heavy atom. The Morgan fingerprint density at radius 3 is 2.93 bits per heavy atom. The van der Waals surface area contributed by atoms with Crippen LogP contribution < -0.4 is 19.9 Å². The number of rotatable bonds is 5. The lowest BCUT2D eigenvalue weighted by molar-refractivity contribution is -0.932. The minimum atomic E-state index is -0.121. The van der Waals surface area contributed by atoms with Gasteiger partial charge in [-0.2, -0.15) is 9.61 Å². The van der Waals surface area contributed by atoms with Crippen molar-refractivity contribution in [2.75, 3.05) is 20.8 Å². The van der Waals surface area contributed by atoms with E-state index >= 15 is 0 Å². The van der Waals surface area contributed by atoms with Crippen LogP contribution in [0.5, 0.6) is 11.5 Å². The van der Waals surface area contributed by atoms with Gasteiger partial charge in [-0.15, -0.1) is 0 Å². The van der Waals surface area contributed by atoms with Crippen molar-refractivity contribution in [2.45, 2.75) is 32.4 Å². The zero-order chi connectivity index (χ0) is 19.0. The number of aromatic nitrogens is 3. The molecule has 1 aliphatic heterocycles. The summed E-state index contributed by atoms with van der Waals surface area (Å²) in [5.41, 5.74) is 1.80. The van der Waals surface area contributed by atoms with E-state index in [-0.39, 0.29) is 5.56 Å². The molecular formula is C19H23N4O3S+. The van der Waals surface area contributed by atoms with E-state index in [1.165, 1.54) is 32.4 Å². The van der Waals surface area contributed by atoms with Crippen LogP contribution in [0.2, 0.25) is 0 Å². The molecule has 142 valence electrons. The first-order valence-corrected chi connectivity index (χ1v) is 9.83. The number of quaternary nitrogens is 1. The number of nitrogens with one attached hydrogen (secondary N) is 1. The van der Waals surface area contributed by atoms with E-state index in [9.17, 15) is 4.79 Å². The highest BCUT2D eigenvalue weighted by Crippen LogP contribution is 2.32. The Morgan fingerprint density at radius 1 is 1.30 bits per heavy atom. The van der Waals surface area contributed by atoms with E-state index in [1.54, 1.807) is 14.2 Å². The maximum absolute atomic E-state index is 12.1. The average molecular weight is 387 g/mol. The Balaban J connectivity index is 1.63. The van der Waals surface area contributed by atoms with Crippen molar-refractivity contribution in [1.82, 2.24) is 14.6 Å². The summed E-state index contributed by atoms with van der Waals surface area (Å²) in [5.74, 6) is 1.65. The zero-order valence-corrected chi connectivity index (χ0v) is 16.5. The molecule has 7 nitrogen and oxygen atoms in total. The van der Waals surface area contributed by atoms with Gasteiger partial charge in [0, 0.05) is 30.7 Å². The van der Waals surface area contributed by atoms with Crippen LogP contribution in [0.3, 0.4) is 0 Å². The fraction of sp³-hybridized carbons (Fsp3) is 0.421. The Kier molecular flexibility index (Phi) is 4.84. The first kappa shape index (κ1) is 17.9. The van der Waals surface area contributed by atoms with Gasteiger partial charge < -0.3 is 14.4 Å². The van der Waals surface area contributed by atoms with Gasteiger partial charge in [0.15, 0.2) is 5.01 Å². The summed E-state index contributed by atoms with van der Waals surface area (Å²) in [5, 5.41) is 5.43. The zero-order valence-electron chi connectivity index (χ0n) is 15.7. The van der Waals surface area contributed by atoms with Crippen molar-refractivity contribution in [3.05, 3.63) is 50.9 Å². The van der Waals surface area contributed by atoms with Crippen LogP contribution in [-0.4, -0.2) is 35.4 Å². The molecule has 3 heterocycles. The third-order valence-electron chi connectivity index (χ3n) is 5.09. The lowest BCUT2D eigenvalue weighted by Gasteiger charge is -2.22. The van der Waals surface area contributed by atoms with Crippen LogP contribution in [0.25, 0.3) is 4.96 Å². The fourth-order valence-electron chi connectivity index (χ4n) is 3.83. The summed E-state index contributed by atoms with van der Waals surface area (Å²) in [6, 6.07) is 7.88. The van der Waals surface area contributed by atoms with Crippen molar-refractivity contribution >= 4 is 16.3 Å². The van der Waals surface area contributed by atoms with E-state index in [0.29, 0.717) is 11.0 Å². The fourth-order valence-corrected chi connectivity index (χ4v) is 4.83. The van der Waals surface area contributed by atoms with Crippen LogP contribution in [0.15, 0.2) is 29.1 Å². The summed E-state index contributed by atoms with van der Waals surface area (Å²) in [6.45, 7) is 3.67. The Labute approximate surface area is 161 Å². The molecule has 0 amide bonds. The second kappa shape index (κ2) is 7.28. The highest BCUT2D eigenvalue weighted by atomic mass is 32.1. The summed E-state index contributed by atoms with van der Waals surface area (Å²) in [6.07, 6.45) is 2.25. The quantitative estimate of drug-likeness (QED) is 0.717. The van der Waals surface area contributed by atoms with Crippen molar-refractivity contribution < 1.29 is 14.4 Å². The van der Waals surface area contributed by atoms with Crippen LogP contribution in [0.1, 0.15) is 35.1 Å². The largest absolute Gasteiger partial charge is 0.497 e. The van der Waals surface area contributed by atoms with Gasteiger partial charge in [0.2, 0.25) is 4.96 Å². The van der Waals surface area contributed by atoms with Crippen molar-refractivity contribution in [3.63, 3.8) is 0 Å². The monoisotopic (exact) mass is 387 g/mol. The van der Waals surface area contributed by atoms with Crippen LogP contribution in [0, 0.1) is 6.92 Å². The molecule has 0 aliphatic carbocycles. The minimum Gasteiger partial charge on any atom is -0.497 e. The first-order chi connectivity index (χ1) is 13.1. The van der Waals surface area contributed by atoms with E-state index < -0.39 is 0 Å². The number of aryl methyl sites for hydroxylation is 1. The van der Waals surface area contributed by atoms with Gasteiger partial charge in [-0.25, -0.2) is 4.98 Å². The molecule has 1 unspecified atom stereocenters. The second-order valence-electron chi connectivity index (χ2n) is 6.81. The molecule has 4 rings (SSSR count). The number of methoxy groups -OCH3 is 2. The predicted octanol–water partition coefficient (Wildman–Crippen LogP) is 1.40. The molecule has 1 saturated heterocycles. The van der Waals surface area contributed by atoms with Gasteiger partial charge in [0.1, 0.15) is 24.1 Å². The van der Waals surface area contributed by atoms with E-state index in [2.05, 4.69) is 16.1 Å². The smallest absolute Gasteiger partial charge is 0.275 e. The van der Waals surface area contributed by atoms with Gasteiger partial charge in [-0.05, 0) is 19.1 Å². The average Bonchev–Trinajstić information content (AvgIpc) is 3.28. The Bertz CT molecular complexity index is 1030. The Hall–Kier alpha value is -2.45. The standard InChI is InChI=1S/C19H22N4O3S/c1-12-9-18(24)23-19(20-12)27-17(21-23)11-22-8-4-5-15(22)14-7-6-13(25-2)10-16(14)26-3/h6-7,9-10,15H,4-5,8,11H2,1-3H3/p+1/t15-/m0/s1. The molecule has 3 aromatic rings. The summed E-state index contributed by atoms with van der Waals surface area (Å²) >= 11 is 1.49. The van der Waals surface area contributed by atoms with Crippen LogP contribution >= 0.6 is 11.3 Å². The number of hydrogen-bond acceptors (Lipinski definition) is 6. The number of likely N-dealkylation sites (tertiary alicyclic amines) is 1. The molecule has 0 radical (unpaired) electrons. The lowest BCUT2D eigenvalue weighted by atomic mass is 10.0. The van der Waals surface area contributed by atoms with Gasteiger partial charge in [0.05, 0.1) is 26.3 Å². The van der Waals surface area contributed by atoms with Crippen LogP contribution in [-0.2, 0) is 6.54 Å². The third-order valence-corrected chi connectivity index (χ3v) is 6.00. The number of benzene rings is 1. The molecule has 2 atom stereocenters. The van der Waals surface area contributed by atoms with Gasteiger partial charge in [-0.3, -0.25) is 4.79 Å².